The molecule has 1 heterocycles. The van der Waals surface area contributed by atoms with Crippen LogP contribution >= 0.6 is 35.3 Å². The maximum atomic E-state index is 12.5. The molecule has 1 aromatic heterocycles. The first kappa shape index (κ1) is 23.5. The second-order valence-electron chi connectivity index (χ2n) is 5.59. The molecule has 0 saturated carbocycles. The van der Waals surface area contributed by atoms with E-state index in [4.69, 9.17) is 0 Å². The number of benzene rings is 1. The van der Waals surface area contributed by atoms with Crippen LogP contribution in [0.25, 0.3) is 0 Å². The van der Waals surface area contributed by atoms with Gasteiger partial charge in [-0.15, -0.1) is 35.3 Å². The number of ether oxygens (including phenoxy) is 1. The van der Waals surface area contributed by atoms with Crippen molar-refractivity contribution in [3.8, 4) is 5.75 Å². The van der Waals surface area contributed by atoms with Crippen LogP contribution in [0.3, 0.4) is 0 Å². The Bertz CT molecular complexity index is 712. The van der Waals surface area contributed by atoms with Gasteiger partial charge in [0.1, 0.15) is 5.75 Å². The highest BCUT2D eigenvalue weighted by Crippen LogP contribution is 2.20. The Labute approximate surface area is 179 Å². The van der Waals surface area contributed by atoms with E-state index in [0.29, 0.717) is 18.1 Å². The van der Waals surface area contributed by atoms with Crippen LogP contribution in [0.2, 0.25) is 0 Å². The van der Waals surface area contributed by atoms with Gasteiger partial charge in [0.2, 0.25) is 0 Å². The van der Waals surface area contributed by atoms with Gasteiger partial charge in [-0.1, -0.05) is 18.2 Å². The molecule has 150 valence electrons. The summed E-state index contributed by atoms with van der Waals surface area (Å²) in [5.41, 5.74) is 1.67. The molecular formula is C18H25F2IN4OS. The molecule has 0 amide bonds. The summed E-state index contributed by atoms with van der Waals surface area (Å²) in [6, 6.07) is 6.69. The lowest BCUT2D eigenvalue weighted by Crippen LogP contribution is -2.37. The lowest BCUT2D eigenvalue weighted by molar-refractivity contribution is -0.0504. The molecule has 0 fully saturated rings. The highest BCUT2D eigenvalue weighted by Gasteiger charge is 2.09. The SMILES string of the molecule is CCNC(=NCc1ccccc1OC(F)F)NCCCc1nc(C)cs1.I. The lowest BCUT2D eigenvalue weighted by Gasteiger charge is -2.12. The van der Waals surface area contributed by atoms with Gasteiger partial charge < -0.3 is 15.4 Å². The Kier molecular flexibility index (Phi) is 11.2. The molecule has 0 aliphatic rings. The molecule has 5 nitrogen and oxygen atoms in total. The maximum absolute atomic E-state index is 12.5. The number of para-hydroxylation sites is 1. The Hall–Kier alpha value is -1.49. The van der Waals surface area contributed by atoms with E-state index in [-0.39, 0.29) is 36.3 Å². The summed E-state index contributed by atoms with van der Waals surface area (Å²) in [7, 11) is 0. The molecule has 2 N–H and O–H groups in total. The summed E-state index contributed by atoms with van der Waals surface area (Å²) in [5, 5.41) is 9.59. The van der Waals surface area contributed by atoms with E-state index < -0.39 is 6.61 Å². The number of aryl methyl sites for hydroxylation is 2. The van der Waals surface area contributed by atoms with Crippen molar-refractivity contribution in [3.05, 3.63) is 45.9 Å². The molecule has 9 heteroatoms. The van der Waals surface area contributed by atoms with E-state index in [9.17, 15) is 8.78 Å². The van der Waals surface area contributed by atoms with Gasteiger partial charge in [-0.25, -0.2) is 9.98 Å². The van der Waals surface area contributed by atoms with Crippen molar-refractivity contribution in [2.75, 3.05) is 13.1 Å². The molecule has 2 rings (SSSR count). The maximum Gasteiger partial charge on any atom is 0.387 e. The first-order chi connectivity index (χ1) is 12.6. The monoisotopic (exact) mass is 510 g/mol. The summed E-state index contributed by atoms with van der Waals surface area (Å²) in [4.78, 5) is 8.90. The van der Waals surface area contributed by atoms with Crippen molar-refractivity contribution in [1.29, 1.82) is 0 Å². The van der Waals surface area contributed by atoms with E-state index in [0.717, 1.165) is 30.1 Å². The molecule has 1 aromatic carbocycles. The van der Waals surface area contributed by atoms with Crippen LogP contribution in [0.5, 0.6) is 5.75 Å². The quantitative estimate of drug-likeness (QED) is 0.228. The average molecular weight is 510 g/mol. The fraction of sp³-hybridized carbons (Fsp3) is 0.444. The van der Waals surface area contributed by atoms with Crippen molar-refractivity contribution in [2.24, 2.45) is 4.99 Å². The topological polar surface area (TPSA) is 58.5 Å². The van der Waals surface area contributed by atoms with Crippen molar-refractivity contribution in [3.63, 3.8) is 0 Å². The van der Waals surface area contributed by atoms with Crippen molar-refractivity contribution in [1.82, 2.24) is 15.6 Å². The summed E-state index contributed by atoms with van der Waals surface area (Å²) in [6.07, 6.45) is 1.85. The summed E-state index contributed by atoms with van der Waals surface area (Å²) < 4.78 is 29.5. The van der Waals surface area contributed by atoms with Crippen LogP contribution in [0.1, 0.15) is 29.6 Å². The fourth-order valence-corrected chi connectivity index (χ4v) is 3.13. The molecule has 0 bridgehead atoms. The molecular weight excluding hydrogens is 485 g/mol. The second kappa shape index (κ2) is 12.8. The number of rotatable bonds is 9. The minimum Gasteiger partial charge on any atom is -0.434 e. The summed E-state index contributed by atoms with van der Waals surface area (Å²) >= 11 is 1.67. The fourth-order valence-electron chi connectivity index (χ4n) is 2.32. The predicted molar refractivity (Wildman–Crippen MR) is 116 cm³/mol. The third-order valence-corrected chi connectivity index (χ3v) is 4.49. The number of aliphatic imine (C=N–C) groups is 1. The minimum atomic E-state index is -2.85. The van der Waals surface area contributed by atoms with Crippen molar-refractivity contribution < 1.29 is 13.5 Å². The van der Waals surface area contributed by atoms with Crippen molar-refractivity contribution >= 4 is 41.3 Å². The number of thiazole rings is 1. The van der Waals surface area contributed by atoms with Gasteiger partial charge in [-0.05, 0) is 26.3 Å². The van der Waals surface area contributed by atoms with Gasteiger partial charge in [0.15, 0.2) is 5.96 Å². The number of alkyl halides is 2. The number of guanidine groups is 1. The number of nitrogens with zero attached hydrogens (tertiary/aromatic N) is 2. The Morgan fingerprint density at radius 1 is 1.30 bits per heavy atom. The van der Waals surface area contributed by atoms with E-state index >= 15 is 0 Å². The molecule has 0 saturated heterocycles. The van der Waals surface area contributed by atoms with Gasteiger partial charge in [0.25, 0.3) is 0 Å². The van der Waals surface area contributed by atoms with E-state index in [2.05, 4.69) is 25.3 Å². The number of hydrogen-bond acceptors (Lipinski definition) is 4. The smallest absolute Gasteiger partial charge is 0.387 e. The highest BCUT2D eigenvalue weighted by molar-refractivity contribution is 14.0. The van der Waals surface area contributed by atoms with Crippen LogP contribution in [0.4, 0.5) is 8.78 Å². The van der Waals surface area contributed by atoms with Gasteiger partial charge in [-0.3, -0.25) is 0 Å². The number of aromatic nitrogens is 1. The zero-order chi connectivity index (χ0) is 18.8. The van der Waals surface area contributed by atoms with Crippen LogP contribution in [0, 0.1) is 6.92 Å². The minimum absolute atomic E-state index is 0. The van der Waals surface area contributed by atoms with Gasteiger partial charge in [-0.2, -0.15) is 8.78 Å². The van der Waals surface area contributed by atoms with E-state index in [1.54, 1.807) is 29.5 Å². The number of halogens is 3. The highest BCUT2D eigenvalue weighted by atomic mass is 127. The zero-order valence-corrected chi connectivity index (χ0v) is 18.5. The Morgan fingerprint density at radius 3 is 2.74 bits per heavy atom. The summed E-state index contributed by atoms with van der Waals surface area (Å²) in [6.45, 7) is 2.84. The lowest BCUT2D eigenvalue weighted by atomic mass is 10.2. The summed E-state index contributed by atoms with van der Waals surface area (Å²) in [5.74, 6) is 0.802. The molecule has 27 heavy (non-hydrogen) atoms. The van der Waals surface area contributed by atoms with Crippen LogP contribution < -0.4 is 15.4 Å². The van der Waals surface area contributed by atoms with E-state index in [1.165, 1.54) is 6.07 Å². The molecule has 0 radical (unpaired) electrons. The number of nitrogens with one attached hydrogen (secondary N) is 2. The largest absolute Gasteiger partial charge is 0.434 e. The zero-order valence-electron chi connectivity index (χ0n) is 15.4. The first-order valence-corrected chi connectivity index (χ1v) is 9.42. The predicted octanol–water partition coefficient (Wildman–Crippen LogP) is 4.36. The first-order valence-electron chi connectivity index (χ1n) is 8.54. The number of hydrogen-bond donors (Lipinski definition) is 2. The Morgan fingerprint density at radius 2 is 2.07 bits per heavy atom. The van der Waals surface area contributed by atoms with Gasteiger partial charge in [0.05, 0.1) is 11.6 Å². The van der Waals surface area contributed by atoms with Crippen LogP contribution in [-0.4, -0.2) is 30.6 Å². The molecule has 0 aliphatic carbocycles. The third kappa shape index (κ3) is 8.83. The molecule has 0 unspecified atom stereocenters. The second-order valence-corrected chi connectivity index (χ2v) is 6.54. The molecule has 0 aliphatic heterocycles. The third-order valence-electron chi connectivity index (χ3n) is 3.47. The van der Waals surface area contributed by atoms with Crippen LogP contribution in [0.15, 0.2) is 34.6 Å². The normalized spacial score (nSPS) is 11.2. The van der Waals surface area contributed by atoms with Gasteiger partial charge in [0, 0.05) is 36.1 Å². The average Bonchev–Trinajstić information content (AvgIpc) is 3.02. The van der Waals surface area contributed by atoms with Gasteiger partial charge >= 0.3 is 6.61 Å². The molecule has 0 spiro atoms. The molecule has 2 aromatic rings. The Balaban J connectivity index is 0.00000364. The molecule has 0 atom stereocenters. The van der Waals surface area contributed by atoms with E-state index in [1.807, 2.05) is 19.2 Å². The standard InChI is InChI=1S/C18H24F2N4OS.HI/c1-3-21-18(22-10-6-9-16-24-13(2)12-26-16)23-11-14-7-4-5-8-15(14)25-17(19)20;/h4-5,7-8,12,17H,3,6,9-11H2,1-2H3,(H2,21,22,23);1H. The van der Waals surface area contributed by atoms with Crippen molar-refractivity contribution in [2.45, 2.75) is 39.8 Å². The van der Waals surface area contributed by atoms with Crippen LogP contribution in [-0.2, 0) is 13.0 Å².